The van der Waals surface area contributed by atoms with Gasteiger partial charge in [-0.2, -0.15) is 0 Å². The van der Waals surface area contributed by atoms with Crippen molar-refractivity contribution in [2.75, 3.05) is 13.7 Å². The number of halogens is 1. The first-order valence-corrected chi connectivity index (χ1v) is 6.94. The Kier molecular flexibility index (Phi) is 5.95. The van der Waals surface area contributed by atoms with Gasteiger partial charge in [-0.15, -0.1) is 0 Å². The van der Waals surface area contributed by atoms with Crippen LogP contribution in [0.4, 0.5) is 4.39 Å². The molecule has 1 N–H and O–H groups in total. The number of nitrogens with one attached hydrogen (secondary N) is 1. The molecule has 1 atom stereocenters. The summed E-state index contributed by atoms with van der Waals surface area (Å²) in [5.41, 5.74) is 1.67. The van der Waals surface area contributed by atoms with Gasteiger partial charge in [-0.3, -0.25) is 0 Å². The molecule has 0 saturated heterocycles. The van der Waals surface area contributed by atoms with Crippen LogP contribution in [0.25, 0.3) is 0 Å². The second kappa shape index (κ2) is 7.01. The van der Waals surface area contributed by atoms with E-state index < -0.39 is 0 Å². The Morgan fingerprint density at radius 2 is 2.05 bits per heavy atom. The van der Waals surface area contributed by atoms with Gasteiger partial charge in [-0.1, -0.05) is 24.6 Å². The zero-order valence-electron chi connectivity index (χ0n) is 12.7. The van der Waals surface area contributed by atoms with Gasteiger partial charge in [-0.25, -0.2) is 4.39 Å². The first-order chi connectivity index (χ1) is 8.89. The van der Waals surface area contributed by atoms with Crippen molar-refractivity contribution in [1.82, 2.24) is 5.32 Å². The monoisotopic (exact) mass is 267 g/mol. The van der Waals surface area contributed by atoms with Crippen LogP contribution in [0.5, 0.6) is 0 Å². The van der Waals surface area contributed by atoms with E-state index in [-0.39, 0.29) is 17.5 Å². The maximum Gasteiger partial charge on any atom is 0.127 e. The van der Waals surface area contributed by atoms with Gasteiger partial charge in [-0.05, 0) is 46.2 Å². The average Bonchev–Trinajstić information content (AvgIpc) is 2.37. The van der Waals surface area contributed by atoms with Crippen molar-refractivity contribution in [1.29, 1.82) is 0 Å². The van der Waals surface area contributed by atoms with Crippen molar-refractivity contribution in [2.24, 2.45) is 0 Å². The van der Waals surface area contributed by atoms with Crippen molar-refractivity contribution in [2.45, 2.75) is 52.2 Å². The molecule has 0 aliphatic heterocycles. The summed E-state index contributed by atoms with van der Waals surface area (Å²) in [6.45, 7) is 8.98. The topological polar surface area (TPSA) is 21.3 Å². The van der Waals surface area contributed by atoms with Crippen LogP contribution in [0.2, 0.25) is 0 Å². The molecule has 1 aromatic carbocycles. The highest BCUT2D eigenvalue weighted by Crippen LogP contribution is 2.26. The smallest absolute Gasteiger partial charge is 0.127 e. The average molecular weight is 267 g/mol. The van der Waals surface area contributed by atoms with Gasteiger partial charge >= 0.3 is 0 Å². The number of benzene rings is 1. The Morgan fingerprint density at radius 3 is 2.63 bits per heavy atom. The van der Waals surface area contributed by atoms with Crippen LogP contribution in [-0.2, 0) is 4.74 Å². The summed E-state index contributed by atoms with van der Waals surface area (Å²) in [5.74, 6) is -0.133. The fourth-order valence-corrected chi connectivity index (χ4v) is 2.14. The fraction of sp³-hybridized carbons (Fsp3) is 0.625. The third kappa shape index (κ3) is 4.92. The summed E-state index contributed by atoms with van der Waals surface area (Å²) in [4.78, 5) is 0. The summed E-state index contributed by atoms with van der Waals surface area (Å²) < 4.78 is 19.4. The molecule has 0 aliphatic rings. The van der Waals surface area contributed by atoms with Crippen LogP contribution in [0.15, 0.2) is 18.2 Å². The Hall–Kier alpha value is -0.930. The van der Waals surface area contributed by atoms with E-state index >= 15 is 0 Å². The van der Waals surface area contributed by atoms with Gasteiger partial charge in [0, 0.05) is 18.7 Å². The van der Waals surface area contributed by atoms with Gasteiger partial charge in [0.2, 0.25) is 0 Å². The van der Waals surface area contributed by atoms with Crippen LogP contribution in [-0.4, -0.2) is 19.3 Å². The van der Waals surface area contributed by atoms with Crippen LogP contribution in [0, 0.1) is 12.7 Å². The number of rotatable bonds is 7. The molecule has 19 heavy (non-hydrogen) atoms. The van der Waals surface area contributed by atoms with Crippen molar-refractivity contribution in [3.8, 4) is 0 Å². The molecule has 2 nitrogen and oxygen atoms in total. The predicted octanol–water partition coefficient (Wildman–Crippen LogP) is 3.99. The van der Waals surface area contributed by atoms with Crippen molar-refractivity contribution in [3.63, 3.8) is 0 Å². The summed E-state index contributed by atoms with van der Waals surface area (Å²) in [6, 6.07) is 5.33. The van der Waals surface area contributed by atoms with E-state index in [0.717, 1.165) is 30.5 Å². The molecule has 0 saturated carbocycles. The maximum absolute atomic E-state index is 14.0. The second-order valence-electron chi connectivity index (χ2n) is 5.64. The number of hydrogen-bond acceptors (Lipinski definition) is 2. The van der Waals surface area contributed by atoms with E-state index in [0.29, 0.717) is 0 Å². The van der Waals surface area contributed by atoms with Crippen LogP contribution >= 0.6 is 0 Å². The molecular weight excluding hydrogens is 241 g/mol. The molecule has 0 radical (unpaired) electrons. The molecule has 1 aromatic rings. The SMILES string of the molecule is CCNC(CCC(C)(C)OC)c1cc(C)ccc1F. The van der Waals surface area contributed by atoms with Crippen molar-refractivity contribution in [3.05, 3.63) is 35.1 Å². The summed E-state index contributed by atoms with van der Waals surface area (Å²) >= 11 is 0. The highest BCUT2D eigenvalue weighted by molar-refractivity contribution is 5.27. The largest absolute Gasteiger partial charge is 0.379 e. The Balaban J connectivity index is 2.85. The number of methoxy groups -OCH3 is 1. The Morgan fingerprint density at radius 1 is 1.37 bits per heavy atom. The maximum atomic E-state index is 14.0. The van der Waals surface area contributed by atoms with Gasteiger partial charge in [0.05, 0.1) is 5.60 Å². The van der Waals surface area contributed by atoms with Gasteiger partial charge in [0.15, 0.2) is 0 Å². The van der Waals surface area contributed by atoms with Crippen LogP contribution in [0.1, 0.15) is 50.8 Å². The third-order valence-corrected chi connectivity index (χ3v) is 3.57. The van der Waals surface area contributed by atoms with E-state index in [9.17, 15) is 4.39 Å². The summed E-state index contributed by atoms with van der Waals surface area (Å²) in [5, 5.41) is 3.37. The minimum Gasteiger partial charge on any atom is -0.379 e. The molecule has 3 heteroatoms. The number of hydrogen-bond donors (Lipinski definition) is 1. The highest BCUT2D eigenvalue weighted by Gasteiger charge is 2.21. The molecule has 1 unspecified atom stereocenters. The fourth-order valence-electron chi connectivity index (χ4n) is 2.14. The van der Waals surface area contributed by atoms with Crippen molar-refractivity contribution < 1.29 is 9.13 Å². The molecular formula is C16H26FNO. The second-order valence-corrected chi connectivity index (χ2v) is 5.64. The quantitative estimate of drug-likeness (QED) is 0.806. The minimum atomic E-state index is -0.173. The summed E-state index contributed by atoms with van der Waals surface area (Å²) in [6.07, 6.45) is 1.74. The first kappa shape index (κ1) is 16.1. The molecule has 0 fully saturated rings. The first-order valence-electron chi connectivity index (χ1n) is 6.94. The Labute approximate surface area is 116 Å². The normalized spacial score (nSPS) is 13.6. The zero-order chi connectivity index (χ0) is 14.5. The van der Waals surface area contributed by atoms with Crippen LogP contribution < -0.4 is 5.32 Å². The minimum absolute atomic E-state index is 0.0410. The third-order valence-electron chi connectivity index (χ3n) is 3.57. The van der Waals surface area contributed by atoms with Crippen molar-refractivity contribution >= 4 is 0 Å². The number of aryl methyl sites for hydroxylation is 1. The lowest BCUT2D eigenvalue weighted by atomic mass is 9.94. The van der Waals surface area contributed by atoms with Gasteiger partial charge in [0.25, 0.3) is 0 Å². The molecule has 0 aromatic heterocycles. The van der Waals surface area contributed by atoms with Crippen LogP contribution in [0.3, 0.4) is 0 Å². The van der Waals surface area contributed by atoms with Gasteiger partial charge < -0.3 is 10.1 Å². The standard InChI is InChI=1S/C16H26FNO/c1-6-18-15(9-10-16(3,4)19-5)13-11-12(2)7-8-14(13)17/h7-8,11,15,18H,6,9-10H2,1-5H3. The molecule has 0 amide bonds. The summed E-state index contributed by atoms with van der Waals surface area (Å²) in [7, 11) is 1.72. The molecule has 1 rings (SSSR count). The highest BCUT2D eigenvalue weighted by atomic mass is 19.1. The molecule has 0 aliphatic carbocycles. The molecule has 108 valence electrons. The number of ether oxygens (including phenoxy) is 1. The van der Waals surface area contributed by atoms with Gasteiger partial charge in [0.1, 0.15) is 5.82 Å². The van der Waals surface area contributed by atoms with E-state index in [4.69, 9.17) is 4.74 Å². The van der Waals surface area contributed by atoms with E-state index in [1.807, 2.05) is 19.9 Å². The predicted molar refractivity (Wildman–Crippen MR) is 77.9 cm³/mol. The Bertz CT molecular complexity index is 404. The molecule has 0 heterocycles. The molecule has 0 bridgehead atoms. The lowest BCUT2D eigenvalue weighted by Gasteiger charge is -2.27. The zero-order valence-corrected chi connectivity index (χ0v) is 12.7. The van der Waals surface area contributed by atoms with E-state index in [2.05, 4.69) is 19.2 Å². The van der Waals surface area contributed by atoms with E-state index in [1.165, 1.54) is 0 Å². The lowest BCUT2D eigenvalue weighted by Crippen LogP contribution is -2.28. The van der Waals surface area contributed by atoms with E-state index in [1.54, 1.807) is 19.2 Å². The lowest BCUT2D eigenvalue weighted by molar-refractivity contribution is 0.0116. The molecule has 0 spiro atoms.